The summed E-state index contributed by atoms with van der Waals surface area (Å²) in [5, 5.41) is 1.69. The van der Waals surface area contributed by atoms with E-state index < -0.39 is 33.4 Å². The predicted octanol–water partition coefficient (Wildman–Crippen LogP) is 3.31. The van der Waals surface area contributed by atoms with Crippen molar-refractivity contribution in [2.45, 2.75) is 17.1 Å². The molecule has 2 heterocycles. The standard InChI is InChI=1S/C16H15F2NO3S2/c17-12-3-4-14(18)13(10-12)16(20)11-5-7-19(8-6-11)24(21,22)15-2-1-9-23-15/h1-4,9-11H,5-8H2. The number of Topliss-reactive ketones (excluding diaryl/α,β-unsaturated/α-hetero) is 1. The number of carbonyl (C=O) groups is 1. The molecule has 1 aliphatic heterocycles. The van der Waals surface area contributed by atoms with Crippen molar-refractivity contribution in [3.8, 4) is 0 Å². The van der Waals surface area contributed by atoms with Gasteiger partial charge in [-0.3, -0.25) is 4.79 Å². The summed E-state index contributed by atoms with van der Waals surface area (Å²) < 4.78 is 53.5. The number of rotatable bonds is 4. The number of benzene rings is 1. The van der Waals surface area contributed by atoms with E-state index in [0.29, 0.717) is 12.8 Å². The molecule has 1 saturated heterocycles. The lowest BCUT2D eigenvalue weighted by atomic mass is 9.89. The number of piperidine rings is 1. The Morgan fingerprint density at radius 2 is 1.88 bits per heavy atom. The Kier molecular flexibility index (Phi) is 4.80. The molecule has 2 aromatic rings. The highest BCUT2D eigenvalue weighted by Crippen LogP contribution is 2.28. The Morgan fingerprint density at radius 3 is 2.50 bits per heavy atom. The van der Waals surface area contributed by atoms with E-state index >= 15 is 0 Å². The minimum Gasteiger partial charge on any atom is -0.294 e. The summed E-state index contributed by atoms with van der Waals surface area (Å²) in [4.78, 5) is 12.4. The van der Waals surface area contributed by atoms with Crippen LogP contribution in [0.25, 0.3) is 0 Å². The second-order valence-electron chi connectivity index (χ2n) is 5.60. The Labute approximate surface area is 142 Å². The van der Waals surface area contributed by atoms with Crippen molar-refractivity contribution in [3.05, 3.63) is 52.9 Å². The second-order valence-corrected chi connectivity index (χ2v) is 8.71. The zero-order chi connectivity index (χ0) is 17.3. The normalized spacial score (nSPS) is 17.1. The molecule has 24 heavy (non-hydrogen) atoms. The van der Waals surface area contributed by atoms with Gasteiger partial charge < -0.3 is 0 Å². The number of hydrogen-bond acceptors (Lipinski definition) is 4. The van der Waals surface area contributed by atoms with Crippen LogP contribution in [-0.2, 0) is 10.0 Å². The number of hydrogen-bond donors (Lipinski definition) is 0. The van der Waals surface area contributed by atoms with Gasteiger partial charge in [0.15, 0.2) is 5.78 Å². The van der Waals surface area contributed by atoms with Gasteiger partial charge in [-0.1, -0.05) is 6.07 Å². The van der Waals surface area contributed by atoms with Crippen molar-refractivity contribution in [3.63, 3.8) is 0 Å². The maximum atomic E-state index is 13.7. The monoisotopic (exact) mass is 371 g/mol. The fourth-order valence-corrected chi connectivity index (χ4v) is 5.42. The number of carbonyl (C=O) groups excluding carboxylic acids is 1. The molecule has 4 nitrogen and oxygen atoms in total. The van der Waals surface area contributed by atoms with Gasteiger partial charge in [-0.25, -0.2) is 17.2 Å². The first-order valence-electron chi connectivity index (χ1n) is 7.42. The molecule has 0 N–H and O–H groups in total. The summed E-state index contributed by atoms with van der Waals surface area (Å²) in [5.74, 6) is -2.40. The first-order valence-corrected chi connectivity index (χ1v) is 9.74. The lowest BCUT2D eigenvalue weighted by molar-refractivity contribution is 0.0870. The van der Waals surface area contributed by atoms with Crippen molar-refractivity contribution in [2.75, 3.05) is 13.1 Å². The van der Waals surface area contributed by atoms with Crippen LogP contribution in [0.15, 0.2) is 39.9 Å². The number of sulfonamides is 1. The van der Waals surface area contributed by atoms with E-state index in [1.54, 1.807) is 17.5 Å². The predicted molar refractivity (Wildman–Crippen MR) is 86.5 cm³/mol. The quantitative estimate of drug-likeness (QED) is 0.775. The van der Waals surface area contributed by atoms with Gasteiger partial charge in [0.25, 0.3) is 10.0 Å². The average Bonchev–Trinajstić information content (AvgIpc) is 3.12. The molecular formula is C16H15F2NO3S2. The van der Waals surface area contributed by atoms with E-state index in [-0.39, 0.29) is 22.9 Å². The molecule has 3 rings (SSSR count). The molecule has 0 atom stereocenters. The van der Waals surface area contributed by atoms with Gasteiger partial charge >= 0.3 is 0 Å². The van der Waals surface area contributed by atoms with E-state index in [2.05, 4.69) is 0 Å². The maximum absolute atomic E-state index is 13.7. The van der Waals surface area contributed by atoms with Crippen molar-refractivity contribution in [1.82, 2.24) is 4.31 Å². The van der Waals surface area contributed by atoms with Gasteiger partial charge in [0.2, 0.25) is 0 Å². The molecule has 1 aromatic carbocycles. The van der Waals surface area contributed by atoms with Gasteiger partial charge in [0, 0.05) is 19.0 Å². The van der Waals surface area contributed by atoms with Crippen LogP contribution in [0.1, 0.15) is 23.2 Å². The summed E-state index contributed by atoms with van der Waals surface area (Å²) in [6.07, 6.45) is 0.582. The molecule has 8 heteroatoms. The van der Waals surface area contributed by atoms with Gasteiger partial charge in [0.05, 0.1) is 5.56 Å². The molecule has 1 aliphatic rings. The first-order chi connectivity index (χ1) is 11.4. The number of thiophene rings is 1. The summed E-state index contributed by atoms with van der Waals surface area (Å²) in [5.41, 5.74) is -0.269. The van der Waals surface area contributed by atoms with E-state index in [1.807, 2.05) is 0 Å². The lowest BCUT2D eigenvalue weighted by Crippen LogP contribution is -2.40. The first kappa shape index (κ1) is 17.2. The van der Waals surface area contributed by atoms with Crippen LogP contribution in [0.2, 0.25) is 0 Å². The van der Waals surface area contributed by atoms with Gasteiger partial charge in [-0.15, -0.1) is 11.3 Å². The van der Waals surface area contributed by atoms with Crippen LogP contribution in [0.4, 0.5) is 8.78 Å². The van der Waals surface area contributed by atoms with Crippen LogP contribution in [0.3, 0.4) is 0 Å². The van der Waals surface area contributed by atoms with E-state index in [9.17, 15) is 22.0 Å². The Hall–Kier alpha value is -1.64. The van der Waals surface area contributed by atoms with Crippen LogP contribution >= 0.6 is 11.3 Å². The Morgan fingerprint density at radius 1 is 1.17 bits per heavy atom. The van der Waals surface area contributed by atoms with Crippen molar-refractivity contribution in [1.29, 1.82) is 0 Å². The summed E-state index contributed by atoms with van der Waals surface area (Å²) in [7, 11) is -3.54. The zero-order valence-electron chi connectivity index (χ0n) is 12.6. The maximum Gasteiger partial charge on any atom is 0.252 e. The minimum atomic E-state index is -3.54. The van der Waals surface area contributed by atoms with Crippen molar-refractivity contribution in [2.24, 2.45) is 5.92 Å². The highest BCUT2D eigenvalue weighted by atomic mass is 32.2. The van der Waals surface area contributed by atoms with Gasteiger partial charge in [-0.05, 0) is 42.5 Å². The third-order valence-corrected chi connectivity index (χ3v) is 7.38. The summed E-state index contributed by atoms with van der Waals surface area (Å²) in [6.45, 7) is 0.376. The molecule has 0 radical (unpaired) electrons. The Bertz CT molecular complexity index is 842. The Balaban J connectivity index is 1.71. The SMILES string of the molecule is O=C(c1cc(F)ccc1F)C1CCN(S(=O)(=O)c2cccs2)CC1. The van der Waals surface area contributed by atoms with Gasteiger partial charge in [-0.2, -0.15) is 4.31 Å². The van der Waals surface area contributed by atoms with E-state index in [4.69, 9.17) is 0 Å². The second kappa shape index (κ2) is 6.70. The topological polar surface area (TPSA) is 54.5 Å². The zero-order valence-corrected chi connectivity index (χ0v) is 14.2. The molecule has 0 amide bonds. The molecule has 1 aromatic heterocycles. The number of ketones is 1. The molecule has 0 aliphatic carbocycles. The van der Waals surface area contributed by atoms with Crippen LogP contribution in [-0.4, -0.2) is 31.6 Å². The molecule has 0 saturated carbocycles. The minimum absolute atomic E-state index is 0.188. The molecule has 0 spiro atoms. The highest BCUT2D eigenvalue weighted by molar-refractivity contribution is 7.91. The van der Waals surface area contributed by atoms with Crippen molar-refractivity contribution >= 4 is 27.1 Å². The fourth-order valence-electron chi connectivity index (χ4n) is 2.80. The smallest absolute Gasteiger partial charge is 0.252 e. The molecular weight excluding hydrogens is 356 g/mol. The van der Waals surface area contributed by atoms with Crippen LogP contribution < -0.4 is 0 Å². The third-order valence-electron chi connectivity index (χ3n) is 4.11. The average molecular weight is 371 g/mol. The van der Waals surface area contributed by atoms with Gasteiger partial charge in [0.1, 0.15) is 15.8 Å². The number of halogens is 2. The molecule has 0 unspecified atom stereocenters. The fraction of sp³-hybridized carbons (Fsp3) is 0.312. The van der Waals surface area contributed by atoms with E-state index in [1.165, 1.54) is 4.31 Å². The van der Waals surface area contributed by atoms with Crippen molar-refractivity contribution < 1.29 is 22.0 Å². The summed E-state index contributed by atoms with van der Waals surface area (Å²) >= 11 is 1.14. The largest absolute Gasteiger partial charge is 0.294 e. The van der Waals surface area contributed by atoms with E-state index in [0.717, 1.165) is 29.5 Å². The molecule has 128 valence electrons. The highest BCUT2D eigenvalue weighted by Gasteiger charge is 2.33. The van der Waals surface area contributed by atoms with Crippen LogP contribution in [0, 0.1) is 17.6 Å². The molecule has 0 bridgehead atoms. The summed E-state index contributed by atoms with van der Waals surface area (Å²) in [6, 6.07) is 5.99. The molecule has 1 fully saturated rings. The lowest BCUT2D eigenvalue weighted by Gasteiger charge is -2.30. The third kappa shape index (κ3) is 3.26. The number of nitrogens with zero attached hydrogens (tertiary/aromatic N) is 1. The van der Waals surface area contributed by atoms with Crippen LogP contribution in [0.5, 0.6) is 0 Å².